The van der Waals surface area contributed by atoms with Crippen molar-refractivity contribution in [1.82, 2.24) is 0 Å². The predicted molar refractivity (Wildman–Crippen MR) is 164 cm³/mol. The maximum absolute atomic E-state index is 11.5. The number of fused-ring (bicyclic) bond motifs is 1. The molecule has 0 aliphatic heterocycles. The molecule has 0 bridgehead atoms. The summed E-state index contributed by atoms with van der Waals surface area (Å²) in [6.07, 6.45) is 16.1. The van der Waals surface area contributed by atoms with Crippen molar-refractivity contribution in [2.45, 2.75) is 137 Å². The lowest BCUT2D eigenvalue weighted by Gasteiger charge is -2.12. The van der Waals surface area contributed by atoms with Crippen molar-refractivity contribution in [2.75, 3.05) is 13.7 Å². The normalized spacial score (nSPS) is 10.0. The van der Waals surface area contributed by atoms with Gasteiger partial charge in [0.05, 0.1) is 0 Å². The van der Waals surface area contributed by atoms with Crippen LogP contribution in [0.2, 0.25) is 0 Å². The fourth-order valence-electron chi connectivity index (χ4n) is 3.55. The molecular weight excluding hydrogens is 468 g/mol. The quantitative estimate of drug-likeness (QED) is 0.170. The molecule has 0 saturated carbocycles. The standard InChI is InChI=1S/C15H18OS2.C7H16.C6H14O.C3H8/c1-4-6-11-9(3)14(17)15-12(13(11)8-16)7-10(5-2)18-15;1-3-5-7-6-4-2;1-3-4-5-6-7-2;1-3-2/h7-8,17H,4-6H2,1-3H3;3-7H2,1-2H3;3-6H2,1-2H3;3H2,1-2H3. The van der Waals surface area contributed by atoms with Crippen LogP contribution in [0.5, 0.6) is 0 Å². The minimum absolute atomic E-state index is 0.873. The third kappa shape index (κ3) is 15.1. The van der Waals surface area contributed by atoms with Gasteiger partial charge in [-0.1, -0.05) is 106 Å². The molecule has 1 aromatic carbocycles. The summed E-state index contributed by atoms with van der Waals surface area (Å²) < 4.78 is 6.01. The smallest absolute Gasteiger partial charge is 0.150 e. The van der Waals surface area contributed by atoms with E-state index in [4.69, 9.17) is 4.74 Å². The second kappa shape index (κ2) is 24.8. The van der Waals surface area contributed by atoms with Gasteiger partial charge in [-0.25, -0.2) is 0 Å². The number of hydrogen-bond donors (Lipinski definition) is 1. The first-order valence-electron chi connectivity index (χ1n) is 14.1. The number of thiol groups is 1. The summed E-state index contributed by atoms with van der Waals surface area (Å²) in [5.41, 5.74) is 3.21. The maximum atomic E-state index is 11.5. The zero-order chi connectivity index (χ0) is 27.1. The largest absolute Gasteiger partial charge is 0.385 e. The van der Waals surface area contributed by atoms with Crippen LogP contribution in [0.15, 0.2) is 11.0 Å². The SMILES string of the molecule is CCC.CCCCCCC.CCCCCOC.CCCc1c(C)c(S)c2sc(CC)cc2c1C=O. The van der Waals surface area contributed by atoms with Gasteiger partial charge in [-0.05, 0) is 43.4 Å². The van der Waals surface area contributed by atoms with E-state index in [-0.39, 0.29) is 0 Å². The molecule has 2 nitrogen and oxygen atoms in total. The molecule has 0 fully saturated rings. The molecule has 0 spiro atoms. The molecule has 204 valence electrons. The lowest BCUT2D eigenvalue weighted by Crippen LogP contribution is -1.98. The summed E-state index contributed by atoms with van der Waals surface area (Å²) in [5.74, 6) is 0. The van der Waals surface area contributed by atoms with E-state index in [0.29, 0.717) is 0 Å². The monoisotopic (exact) mass is 524 g/mol. The molecule has 0 radical (unpaired) electrons. The number of methoxy groups -OCH3 is 1. The highest BCUT2D eigenvalue weighted by Crippen LogP contribution is 2.38. The van der Waals surface area contributed by atoms with Crippen molar-refractivity contribution in [1.29, 1.82) is 0 Å². The molecule has 1 heterocycles. The van der Waals surface area contributed by atoms with E-state index >= 15 is 0 Å². The fraction of sp³-hybridized carbons (Fsp3) is 0.710. The van der Waals surface area contributed by atoms with Gasteiger partial charge in [0, 0.05) is 39.1 Å². The van der Waals surface area contributed by atoms with Gasteiger partial charge < -0.3 is 4.74 Å². The van der Waals surface area contributed by atoms with Gasteiger partial charge in [0.15, 0.2) is 6.29 Å². The number of ether oxygens (including phenoxy) is 1. The van der Waals surface area contributed by atoms with E-state index < -0.39 is 0 Å². The number of benzene rings is 1. The average molecular weight is 525 g/mol. The number of thiophene rings is 1. The Bertz CT molecular complexity index is 747. The minimum Gasteiger partial charge on any atom is -0.385 e. The Morgan fingerprint density at radius 3 is 1.86 bits per heavy atom. The van der Waals surface area contributed by atoms with Gasteiger partial charge in [0.25, 0.3) is 0 Å². The predicted octanol–water partition coefficient (Wildman–Crippen LogP) is 11.0. The van der Waals surface area contributed by atoms with E-state index in [1.165, 1.54) is 73.8 Å². The summed E-state index contributed by atoms with van der Waals surface area (Å²) >= 11 is 6.42. The lowest BCUT2D eigenvalue weighted by atomic mass is 9.95. The number of carbonyl (C=O) groups is 1. The van der Waals surface area contributed by atoms with Crippen LogP contribution >= 0.6 is 24.0 Å². The van der Waals surface area contributed by atoms with Crippen molar-refractivity contribution >= 4 is 40.3 Å². The van der Waals surface area contributed by atoms with Crippen molar-refractivity contribution in [3.63, 3.8) is 0 Å². The van der Waals surface area contributed by atoms with Crippen molar-refractivity contribution in [3.8, 4) is 0 Å². The van der Waals surface area contributed by atoms with Crippen LogP contribution in [0, 0.1) is 6.92 Å². The van der Waals surface area contributed by atoms with Crippen molar-refractivity contribution in [3.05, 3.63) is 27.6 Å². The molecule has 0 aliphatic rings. The molecule has 0 N–H and O–H groups in total. The molecule has 0 aliphatic carbocycles. The number of rotatable bonds is 12. The molecule has 0 atom stereocenters. The molecule has 0 saturated heterocycles. The Hall–Kier alpha value is -0.840. The molecule has 0 unspecified atom stereocenters. The minimum atomic E-state index is 0.873. The summed E-state index contributed by atoms with van der Waals surface area (Å²) in [6, 6.07) is 2.15. The first kappa shape index (κ1) is 36.3. The van der Waals surface area contributed by atoms with Crippen molar-refractivity contribution < 1.29 is 9.53 Å². The Labute approximate surface area is 228 Å². The Kier molecular flexibility index (Phi) is 25.8. The van der Waals surface area contributed by atoms with Gasteiger partial charge in [0.1, 0.15) is 0 Å². The van der Waals surface area contributed by atoms with E-state index in [0.717, 1.165) is 52.7 Å². The first-order valence-corrected chi connectivity index (χ1v) is 15.4. The van der Waals surface area contributed by atoms with Crippen LogP contribution in [0.4, 0.5) is 0 Å². The Balaban J connectivity index is 0. The van der Waals surface area contributed by atoms with E-state index in [2.05, 4.69) is 74.1 Å². The summed E-state index contributed by atoms with van der Waals surface area (Å²) in [4.78, 5) is 13.8. The molecular formula is C31H56O2S2. The molecule has 2 aromatic rings. The number of unbranched alkanes of at least 4 members (excludes halogenated alkanes) is 6. The van der Waals surface area contributed by atoms with Gasteiger partial charge in [0.2, 0.25) is 0 Å². The van der Waals surface area contributed by atoms with Crippen LogP contribution < -0.4 is 0 Å². The van der Waals surface area contributed by atoms with Crippen LogP contribution in [0.3, 0.4) is 0 Å². The fourth-order valence-corrected chi connectivity index (χ4v) is 5.05. The molecule has 4 heteroatoms. The number of carbonyl (C=O) groups excluding carboxylic acids is 1. The number of aldehydes is 1. The summed E-state index contributed by atoms with van der Waals surface area (Å²) in [7, 11) is 1.75. The number of hydrogen-bond acceptors (Lipinski definition) is 4. The summed E-state index contributed by atoms with van der Waals surface area (Å²) in [6.45, 7) is 18.2. The number of aryl methyl sites for hydroxylation is 1. The maximum Gasteiger partial charge on any atom is 0.150 e. The zero-order valence-corrected chi connectivity index (χ0v) is 26.2. The van der Waals surface area contributed by atoms with Crippen LogP contribution in [0.1, 0.15) is 139 Å². The molecule has 2 rings (SSSR count). The van der Waals surface area contributed by atoms with Gasteiger partial charge in [-0.2, -0.15) is 0 Å². The van der Waals surface area contributed by atoms with E-state index in [1.807, 2.05) is 0 Å². The Morgan fingerprint density at radius 1 is 0.886 bits per heavy atom. The zero-order valence-electron chi connectivity index (χ0n) is 24.5. The van der Waals surface area contributed by atoms with E-state index in [1.54, 1.807) is 18.4 Å². The highest BCUT2D eigenvalue weighted by molar-refractivity contribution is 7.80. The third-order valence-electron chi connectivity index (χ3n) is 5.55. The second-order valence-electron chi connectivity index (χ2n) is 9.01. The topological polar surface area (TPSA) is 26.3 Å². The molecule has 0 amide bonds. The summed E-state index contributed by atoms with van der Waals surface area (Å²) in [5, 5.41) is 1.09. The van der Waals surface area contributed by atoms with Crippen molar-refractivity contribution in [2.24, 2.45) is 0 Å². The average Bonchev–Trinajstić information content (AvgIpc) is 3.29. The van der Waals surface area contributed by atoms with Gasteiger partial charge in [-0.3, -0.25) is 4.79 Å². The van der Waals surface area contributed by atoms with Crippen LogP contribution in [-0.2, 0) is 17.6 Å². The second-order valence-corrected chi connectivity index (χ2v) is 10.6. The van der Waals surface area contributed by atoms with Crippen LogP contribution in [0.25, 0.3) is 10.1 Å². The van der Waals surface area contributed by atoms with Gasteiger partial charge >= 0.3 is 0 Å². The lowest BCUT2D eigenvalue weighted by molar-refractivity contribution is 0.112. The first-order chi connectivity index (χ1) is 16.9. The Morgan fingerprint density at radius 2 is 1.43 bits per heavy atom. The van der Waals surface area contributed by atoms with Gasteiger partial charge in [-0.15, -0.1) is 24.0 Å². The highest BCUT2D eigenvalue weighted by atomic mass is 32.1. The molecule has 35 heavy (non-hydrogen) atoms. The highest BCUT2D eigenvalue weighted by Gasteiger charge is 2.16. The third-order valence-corrected chi connectivity index (χ3v) is 7.55. The molecule has 1 aromatic heterocycles. The van der Waals surface area contributed by atoms with E-state index in [9.17, 15) is 4.79 Å². The van der Waals surface area contributed by atoms with Crippen LogP contribution in [-0.4, -0.2) is 20.0 Å².